The van der Waals surface area contributed by atoms with E-state index in [0.717, 1.165) is 6.42 Å². The number of methoxy groups -OCH3 is 1. The van der Waals surface area contributed by atoms with E-state index in [0.29, 0.717) is 6.61 Å². The van der Waals surface area contributed by atoms with Crippen LogP contribution in [0.3, 0.4) is 0 Å². The predicted octanol–water partition coefficient (Wildman–Crippen LogP) is 2.70. The van der Waals surface area contributed by atoms with Crippen LogP contribution in [0.4, 0.5) is 0 Å². The van der Waals surface area contributed by atoms with Crippen molar-refractivity contribution in [3.05, 3.63) is 0 Å². The Morgan fingerprint density at radius 3 is 2.45 bits per heavy atom. The molecule has 1 aliphatic heterocycles. The third-order valence-corrected chi connectivity index (χ3v) is 8.62. The van der Waals surface area contributed by atoms with Crippen LogP contribution in [0.2, 0.25) is 18.1 Å². The normalized spacial score (nSPS) is 25.6. The topological polar surface area (TPSA) is 54.0 Å². The van der Waals surface area contributed by atoms with Crippen LogP contribution in [0, 0.1) is 0 Å². The summed E-state index contributed by atoms with van der Waals surface area (Å²) in [7, 11) is -0.526. The quantitative estimate of drug-likeness (QED) is 0.577. The van der Waals surface area contributed by atoms with Crippen molar-refractivity contribution >= 4 is 14.3 Å². The highest BCUT2D eigenvalue weighted by atomic mass is 28.4. The molecule has 1 aliphatic rings. The molecule has 5 nitrogen and oxygen atoms in total. The smallest absolute Gasteiger partial charge is 0.334 e. The van der Waals surface area contributed by atoms with Gasteiger partial charge in [-0.15, -0.1) is 0 Å². The van der Waals surface area contributed by atoms with Crippen LogP contribution in [0.25, 0.3) is 0 Å². The first-order valence-corrected chi connectivity index (χ1v) is 10.0. The van der Waals surface area contributed by atoms with Crippen LogP contribution in [0.1, 0.15) is 34.1 Å². The lowest BCUT2D eigenvalue weighted by Gasteiger charge is -2.39. The summed E-state index contributed by atoms with van der Waals surface area (Å²) in [6.45, 7) is 13.2. The molecule has 118 valence electrons. The summed E-state index contributed by atoms with van der Waals surface area (Å²) in [4.78, 5) is 11.4. The van der Waals surface area contributed by atoms with Gasteiger partial charge in [0, 0.05) is 6.42 Å². The summed E-state index contributed by atoms with van der Waals surface area (Å²) in [5.74, 6) is -0.397. The summed E-state index contributed by atoms with van der Waals surface area (Å²) in [6.07, 6.45) is -0.444. The van der Waals surface area contributed by atoms with Crippen molar-refractivity contribution in [2.24, 2.45) is 0 Å². The number of hydrogen-bond donors (Lipinski definition) is 0. The maximum atomic E-state index is 11.4. The summed E-state index contributed by atoms with van der Waals surface area (Å²) < 4.78 is 22.2. The lowest BCUT2D eigenvalue weighted by molar-refractivity contribution is -0.191. The zero-order valence-electron chi connectivity index (χ0n) is 13.7. The average molecular weight is 304 g/mol. The third-order valence-electron chi connectivity index (χ3n) is 4.11. The van der Waals surface area contributed by atoms with E-state index in [9.17, 15) is 4.79 Å². The highest BCUT2D eigenvalue weighted by Gasteiger charge is 2.43. The Kier molecular flexibility index (Phi) is 5.77. The summed E-state index contributed by atoms with van der Waals surface area (Å²) in [5.41, 5.74) is 0. The number of hydrogen-bond acceptors (Lipinski definition) is 5. The van der Waals surface area contributed by atoms with E-state index >= 15 is 0 Å². The maximum absolute atomic E-state index is 11.4. The molecule has 0 aromatic carbocycles. The molecule has 0 bridgehead atoms. The van der Waals surface area contributed by atoms with E-state index in [4.69, 9.17) is 13.9 Å². The molecule has 0 N–H and O–H groups in total. The Morgan fingerprint density at radius 2 is 1.95 bits per heavy atom. The van der Waals surface area contributed by atoms with E-state index in [1.807, 2.05) is 0 Å². The lowest BCUT2D eigenvalue weighted by atomic mass is 10.2. The number of esters is 1. The first-order valence-electron chi connectivity index (χ1n) is 7.11. The molecule has 6 heteroatoms. The minimum absolute atomic E-state index is 0.108. The van der Waals surface area contributed by atoms with Gasteiger partial charge in [0.15, 0.2) is 20.7 Å². The number of carbonyl (C=O) groups excluding carboxylic acids is 1. The molecule has 1 heterocycles. The van der Waals surface area contributed by atoms with Crippen LogP contribution in [-0.4, -0.2) is 46.5 Å². The third kappa shape index (κ3) is 4.28. The molecule has 0 aromatic heterocycles. The van der Waals surface area contributed by atoms with E-state index in [2.05, 4.69) is 38.6 Å². The van der Waals surface area contributed by atoms with Gasteiger partial charge >= 0.3 is 5.97 Å². The minimum Gasteiger partial charge on any atom is -0.467 e. The zero-order chi connectivity index (χ0) is 15.6. The number of rotatable bonds is 5. The fourth-order valence-corrected chi connectivity index (χ4v) is 3.10. The molecular weight excluding hydrogens is 276 g/mol. The Labute approximate surface area is 123 Å². The molecule has 0 spiro atoms. The second kappa shape index (κ2) is 6.55. The standard InChI is InChI=1S/C14H28O5Si/c1-10(12(15)16-5)18-13-11(8-9-17-13)19-20(6,7)14(2,3)4/h10-11,13H,8-9H2,1-7H3/t10-,11+,13-/m0/s1. The highest BCUT2D eigenvalue weighted by molar-refractivity contribution is 6.74. The van der Waals surface area contributed by atoms with Crippen LogP contribution in [0.5, 0.6) is 0 Å². The molecular formula is C14H28O5Si. The fourth-order valence-electron chi connectivity index (χ4n) is 1.76. The first kappa shape index (κ1) is 17.6. The van der Waals surface area contributed by atoms with Crippen molar-refractivity contribution in [2.75, 3.05) is 13.7 Å². The molecule has 1 fully saturated rings. The van der Waals surface area contributed by atoms with Crippen molar-refractivity contribution in [1.29, 1.82) is 0 Å². The van der Waals surface area contributed by atoms with Gasteiger partial charge in [-0.05, 0) is 25.1 Å². The van der Waals surface area contributed by atoms with Crippen molar-refractivity contribution < 1.29 is 23.4 Å². The largest absolute Gasteiger partial charge is 0.467 e. The second-order valence-electron chi connectivity index (χ2n) is 6.75. The van der Waals surface area contributed by atoms with Gasteiger partial charge in [0.25, 0.3) is 0 Å². The van der Waals surface area contributed by atoms with Gasteiger partial charge in [0.2, 0.25) is 0 Å². The van der Waals surface area contributed by atoms with Gasteiger partial charge in [-0.25, -0.2) is 4.79 Å². The molecule has 0 saturated carbocycles. The van der Waals surface area contributed by atoms with E-state index < -0.39 is 26.7 Å². The first-order chi connectivity index (χ1) is 9.08. The fraction of sp³-hybridized carbons (Fsp3) is 0.929. The molecule has 0 unspecified atom stereocenters. The van der Waals surface area contributed by atoms with Crippen molar-refractivity contribution in [3.63, 3.8) is 0 Å². The summed E-state index contributed by atoms with van der Waals surface area (Å²) in [6, 6.07) is 0. The van der Waals surface area contributed by atoms with Crippen molar-refractivity contribution in [3.8, 4) is 0 Å². The SMILES string of the molecule is COC(=O)[C@H](C)O[C@@H]1OCC[C@H]1O[Si](C)(C)C(C)(C)C. The highest BCUT2D eigenvalue weighted by Crippen LogP contribution is 2.39. The Bertz CT molecular complexity index is 337. The average Bonchev–Trinajstić information content (AvgIpc) is 2.73. The van der Waals surface area contributed by atoms with Gasteiger partial charge in [0.1, 0.15) is 0 Å². The zero-order valence-corrected chi connectivity index (χ0v) is 14.7. The van der Waals surface area contributed by atoms with Gasteiger partial charge in [-0.2, -0.15) is 0 Å². The molecule has 0 aromatic rings. The molecule has 0 aliphatic carbocycles. The van der Waals surface area contributed by atoms with E-state index in [1.54, 1.807) is 6.92 Å². The van der Waals surface area contributed by atoms with Gasteiger partial charge in [-0.3, -0.25) is 0 Å². The minimum atomic E-state index is -1.87. The van der Waals surface area contributed by atoms with Crippen molar-refractivity contribution in [2.45, 2.75) is 70.7 Å². The predicted molar refractivity (Wildman–Crippen MR) is 79.0 cm³/mol. The Hall–Kier alpha value is -0.433. The molecule has 0 amide bonds. The number of carbonyl (C=O) groups is 1. The molecule has 1 saturated heterocycles. The molecule has 0 radical (unpaired) electrons. The Balaban J connectivity index is 2.64. The Morgan fingerprint density at radius 1 is 1.35 bits per heavy atom. The van der Waals surface area contributed by atoms with Crippen LogP contribution >= 0.6 is 0 Å². The maximum Gasteiger partial charge on any atom is 0.334 e. The molecule has 1 rings (SSSR count). The van der Waals surface area contributed by atoms with Crippen LogP contribution in [-0.2, 0) is 23.4 Å². The van der Waals surface area contributed by atoms with Crippen molar-refractivity contribution in [1.82, 2.24) is 0 Å². The monoisotopic (exact) mass is 304 g/mol. The van der Waals surface area contributed by atoms with E-state index in [-0.39, 0.29) is 11.1 Å². The van der Waals surface area contributed by atoms with E-state index in [1.165, 1.54) is 7.11 Å². The second-order valence-corrected chi connectivity index (χ2v) is 11.5. The summed E-state index contributed by atoms with van der Waals surface area (Å²) >= 11 is 0. The molecule has 20 heavy (non-hydrogen) atoms. The number of ether oxygens (including phenoxy) is 3. The van der Waals surface area contributed by atoms with Crippen LogP contribution in [0.15, 0.2) is 0 Å². The summed E-state index contributed by atoms with van der Waals surface area (Å²) in [5, 5.41) is 0.133. The molecule has 3 atom stereocenters. The van der Waals surface area contributed by atoms with Gasteiger partial charge < -0.3 is 18.6 Å². The van der Waals surface area contributed by atoms with Gasteiger partial charge in [-0.1, -0.05) is 20.8 Å². The van der Waals surface area contributed by atoms with Crippen LogP contribution < -0.4 is 0 Å². The lowest BCUT2D eigenvalue weighted by Crippen LogP contribution is -2.47. The van der Waals surface area contributed by atoms with Gasteiger partial charge in [0.05, 0.1) is 19.8 Å².